The van der Waals surface area contributed by atoms with Crippen LogP contribution >= 0.6 is 0 Å². The lowest BCUT2D eigenvalue weighted by Crippen LogP contribution is -2.68. The second-order valence-electron chi connectivity index (χ2n) is 8.42. The number of rotatable bonds is 4. The molecule has 3 aliphatic heterocycles. The second kappa shape index (κ2) is 7.62. The number of amides is 1. The molecule has 0 aliphatic carbocycles. The van der Waals surface area contributed by atoms with Crippen molar-refractivity contribution in [2.45, 2.75) is 24.5 Å². The van der Waals surface area contributed by atoms with Gasteiger partial charge in [-0.1, -0.05) is 24.3 Å². The zero-order valence-electron chi connectivity index (χ0n) is 17.4. The second-order valence-corrected chi connectivity index (χ2v) is 8.42. The first kappa shape index (κ1) is 19.3. The summed E-state index contributed by atoms with van der Waals surface area (Å²) < 4.78 is 11.0. The number of nitrogens with zero attached hydrogens (tertiary/aromatic N) is 3. The van der Waals surface area contributed by atoms with E-state index in [0.29, 0.717) is 18.7 Å². The molecule has 1 fully saturated rings. The SMILES string of the molecule is O=C(c1cccnc1)N1C[C@@H]2[C@H](c3ccccc31)[C@H](CO)N2Cc1ccc2c(c1)OCO2. The summed E-state index contributed by atoms with van der Waals surface area (Å²) in [5.74, 6) is 1.64. The maximum absolute atomic E-state index is 13.4. The first-order chi connectivity index (χ1) is 15.7. The topological polar surface area (TPSA) is 75.1 Å². The smallest absolute Gasteiger partial charge is 0.259 e. The number of para-hydroxylation sites is 1. The fourth-order valence-corrected chi connectivity index (χ4v) is 5.29. The Balaban J connectivity index is 1.33. The molecule has 1 N–H and O–H groups in total. The van der Waals surface area contributed by atoms with Crippen LogP contribution in [0.2, 0.25) is 0 Å². The molecule has 0 radical (unpaired) electrons. The van der Waals surface area contributed by atoms with Gasteiger partial charge in [0, 0.05) is 49.2 Å². The van der Waals surface area contributed by atoms with E-state index in [-0.39, 0.29) is 37.3 Å². The Labute approximate surface area is 185 Å². The predicted molar refractivity (Wildman–Crippen MR) is 118 cm³/mol. The minimum atomic E-state index is -0.0560. The molecule has 0 bridgehead atoms. The van der Waals surface area contributed by atoms with Crippen molar-refractivity contribution in [3.63, 3.8) is 0 Å². The quantitative estimate of drug-likeness (QED) is 0.688. The molecule has 2 aromatic carbocycles. The lowest BCUT2D eigenvalue weighted by atomic mass is 9.71. The Morgan fingerprint density at radius 1 is 1.09 bits per heavy atom. The van der Waals surface area contributed by atoms with Crippen molar-refractivity contribution in [3.8, 4) is 11.5 Å². The van der Waals surface area contributed by atoms with Crippen LogP contribution in [0.1, 0.15) is 27.4 Å². The van der Waals surface area contributed by atoms with E-state index < -0.39 is 0 Å². The molecule has 0 unspecified atom stereocenters. The molecule has 4 heterocycles. The molecular weight excluding hydrogens is 406 g/mol. The molecule has 7 nitrogen and oxygen atoms in total. The molecule has 1 aromatic heterocycles. The van der Waals surface area contributed by atoms with E-state index in [1.807, 2.05) is 41.3 Å². The number of hydrogen-bond acceptors (Lipinski definition) is 6. The Morgan fingerprint density at radius 2 is 1.97 bits per heavy atom. The number of carbonyl (C=O) groups excluding carboxylic acids is 1. The maximum Gasteiger partial charge on any atom is 0.259 e. The summed E-state index contributed by atoms with van der Waals surface area (Å²) >= 11 is 0. The van der Waals surface area contributed by atoms with E-state index >= 15 is 0 Å². The third-order valence-corrected chi connectivity index (χ3v) is 6.78. The number of hydrogen-bond donors (Lipinski definition) is 1. The van der Waals surface area contributed by atoms with Gasteiger partial charge < -0.3 is 19.5 Å². The molecule has 32 heavy (non-hydrogen) atoms. The Morgan fingerprint density at radius 3 is 2.81 bits per heavy atom. The highest BCUT2D eigenvalue weighted by Crippen LogP contribution is 2.49. The fraction of sp³-hybridized carbons (Fsp3) is 0.280. The maximum atomic E-state index is 13.4. The fourth-order valence-electron chi connectivity index (χ4n) is 5.29. The largest absolute Gasteiger partial charge is 0.454 e. The number of benzene rings is 2. The number of aliphatic hydroxyl groups is 1. The number of anilines is 1. The number of carbonyl (C=O) groups is 1. The van der Waals surface area contributed by atoms with Crippen molar-refractivity contribution in [1.82, 2.24) is 9.88 Å². The number of fused-ring (bicyclic) bond motifs is 4. The summed E-state index contributed by atoms with van der Waals surface area (Å²) in [6, 6.07) is 17.7. The van der Waals surface area contributed by atoms with E-state index in [1.54, 1.807) is 24.5 Å². The zero-order chi connectivity index (χ0) is 21.7. The van der Waals surface area contributed by atoms with Gasteiger partial charge in [0.05, 0.1) is 12.2 Å². The van der Waals surface area contributed by atoms with Crippen LogP contribution in [0.15, 0.2) is 67.0 Å². The Bertz CT molecular complexity index is 1170. The highest BCUT2D eigenvalue weighted by Gasteiger charge is 2.53. The first-order valence-electron chi connectivity index (χ1n) is 10.8. The van der Waals surface area contributed by atoms with Crippen molar-refractivity contribution in [2.75, 3.05) is 24.8 Å². The monoisotopic (exact) mass is 429 g/mol. The van der Waals surface area contributed by atoms with Crippen LogP contribution < -0.4 is 14.4 Å². The van der Waals surface area contributed by atoms with Gasteiger partial charge in [-0.3, -0.25) is 14.7 Å². The van der Waals surface area contributed by atoms with Crippen molar-refractivity contribution in [1.29, 1.82) is 0 Å². The normalized spacial score (nSPS) is 23.3. The van der Waals surface area contributed by atoms with Gasteiger partial charge >= 0.3 is 0 Å². The van der Waals surface area contributed by atoms with E-state index in [4.69, 9.17) is 9.47 Å². The predicted octanol–water partition coefficient (Wildman–Crippen LogP) is 2.80. The summed E-state index contributed by atoms with van der Waals surface area (Å²) in [6.45, 7) is 1.54. The van der Waals surface area contributed by atoms with Crippen molar-refractivity contribution in [2.24, 2.45) is 0 Å². The number of likely N-dealkylation sites (tertiary alicyclic amines) is 1. The van der Waals surface area contributed by atoms with Crippen LogP contribution in [0.4, 0.5) is 5.69 Å². The van der Waals surface area contributed by atoms with Crippen LogP contribution in [0, 0.1) is 0 Å². The highest BCUT2D eigenvalue weighted by molar-refractivity contribution is 6.06. The average Bonchev–Trinajstić information content (AvgIpc) is 3.30. The summed E-state index contributed by atoms with van der Waals surface area (Å²) in [5, 5.41) is 10.2. The van der Waals surface area contributed by atoms with Gasteiger partial charge in [0.15, 0.2) is 11.5 Å². The van der Waals surface area contributed by atoms with E-state index in [0.717, 1.165) is 28.3 Å². The van der Waals surface area contributed by atoms with Crippen LogP contribution in [0.5, 0.6) is 11.5 Å². The lowest BCUT2D eigenvalue weighted by molar-refractivity contribution is -0.0488. The first-order valence-corrected chi connectivity index (χ1v) is 10.8. The molecule has 3 atom stereocenters. The molecule has 162 valence electrons. The molecule has 3 aromatic rings. The number of pyridine rings is 1. The van der Waals surface area contributed by atoms with Crippen molar-refractivity contribution >= 4 is 11.6 Å². The summed E-state index contributed by atoms with van der Waals surface area (Å²) in [4.78, 5) is 21.6. The average molecular weight is 429 g/mol. The van der Waals surface area contributed by atoms with Crippen LogP contribution in [0.3, 0.4) is 0 Å². The Hall–Kier alpha value is -3.42. The van der Waals surface area contributed by atoms with E-state index in [2.05, 4.69) is 16.0 Å². The van der Waals surface area contributed by atoms with Crippen molar-refractivity contribution in [3.05, 3.63) is 83.7 Å². The number of ether oxygens (including phenoxy) is 2. The van der Waals surface area contributed by atoms with Gasteiger partial charge in [-0.25, -0.2) is 0 Å². The van der Waals surface area contributed by atoms with Crippen LogP contribution in [-0.4, -0.2) is 52.9 Å². The molecule has 3 aliphatic rings. The van der Waals surface area contributed by atoms with Gasteiger partial charge in [0.25, 0.3) is 5.91 Å². The van der Waals surface area contributed by atoms with Gasteiger partial charge in [-0.2, -0.15) is 0 Å². The number of aliphatic hydroxyl groups excluding tert-OH is 1. The summed E-state index contributed by atoms with van der Waals surface area (Å²) in [6.07, 6.45) is 3.28. The van der Waals surface area contributed by atoms with Gasteiger partial charge in [0.2, 0.25) is 6.79 Å². The lowest BCUT2D eigenvalue weighted by Gasteiger charge is -2.59. The third-order valence-electron chi connectivity index (χ3n) is 6.78. The molecule has 0 spiro atoms. The molecule has 1 saturated heterocycles. The minimum Gasteiger partial charge on any atom is -0.454 e. The molecule has 7 heteroatoms. The van der Waals surface area contributed by atoms with Crippen LogP contribution in [-0.2, 0) is 6.54 Å². The molecule has 6 rings (SSSR count). The van der Waals surface area contributed by atoms with E-state index in [9.17, 15) is 9.90 Å². The van der Waals surface area contributed by atoms with Gasteiger partial charge in [0.1, 0.15) is 0 Å². The van der Waals surface area contributed by atoms with Crippen LogP contribution in [0.25, 0.3) is 0 Å². The summed E-state index contributed by atoms with van der Waals surface area (Å²) in [7, 11) is 0. The standard InChI is InChI=1S/C25H23N3O4/c29-14-21-24-18-5-1-2-6-19(18)28(25(30)17-4-3-9-26-11-17)13-20(24)27(21)12-16-7-8-22-23(10-16)32-15-31-22/h1-11,20-21,24,29H,12-15H2/t20-,21+,24+/m1/s1. The molecule has 1 amide bonds. The zero-order valence-corrected chi connectivity index (χ0v) is 17.4. The highest BCUT2D eigenvalue weighted by atomic mass is 16.7. The van der Waals surface area contributed by atoms with Gasteiger partial charge in [-0.15, -0.1) is 0 Å². The van der Waals surface area contributed by atoms with E-state index in [1.165, 1.54) is 0 Å². The molecular formula is C25H23N3O4. The molecule has 0 saturated carbocycles. The minimum absolute atomic E-state index is 0.00205. The Kier molecular flexibility index (Phi) is 4.59. The van der Waals surface area contributed by atoms with Gasteiger partial charge in [-0.05, 0) is 41.5 Å². The third kappa shape index (κ3) is 2.97. The summed E-state index contributed by atoms with van der Waals surface area (Å²) in [5.41, 5.74) is 3.70. The number of aromatic nitrogens is 1. The van der Waals surface area contributed by atoms with Crippen molar-refractivity contribution < 1.29 is 19.4 Å².